The van der Waals surface area contributed by atoms with Gasteiger partial charge in [0.25, 0.3) is 0 Å². The average Bonchev–Trinajstić information content (AvgIpc) is 2.60. The Kier molecular flexibility index (Phi) is 16.5. The summed E-state index contributed by atoms with van der Waals surface area (Å²) in [6, 6.07) is 0. The van der Waals surface area contributed by atoms with Crippen molar-refractivity contribution >= 4 is 11.9 Å². The van der Waals surface area contributed by atoms with E-state index in [0.29, 0.717) is 25.9 Å². The van der Waals surface area contributed by atoms with Crippen LogP contribution >= 0.6 is 0 Å². The molecule has 0 amide bonds. The molecule has 0 aliphatic heterocycles. The zero-order valence-electron chi connectivity index (χ0n) is 16.0. The lowest BCUT2D eigenvalue weighted by Crippen LogP contribution is -2.05. The number of esters is 2. The number of carbonyl (C=O) groups excluding carboxylic acids is 2. The Morgan fingerprint density at radius 2 is 1.60 bits per heavy atom. The van der Waals surface area contributed by atoms with Crippen molar-refractivity contribution in [2.75, 3.05) is 13.7 Å². The minimum Gasteiger partial charge on any atom is -0.469 e. The van der Waals surface area contributed by atoms with Crippen LogP contribution in [-0.4, -0.2) is 36.9 Å². The highest BCUT2D eigenvalue weighted by Crippen LogP contribution is 2.08. The number of methoxy groups -OCH3 is 1. The summed E-state index contributed by atoms with van der Waals surface area (Å²) in [4.78, 5) is 22.5. The molecule has 0 spiro atoms. The Bertz CT molecular complexity index is 365. The second-order valence-corrected chi connectivity index (χ2v) is 6.34. The Morgan fingerprint density at radius 3 is 2.24 bits per heavy atom. The second kappa shape index (κ2) is 17.5. The molecule has 0 heterocycles. The Morgan fingerprint density at radius 1 is 0.960 bits per heavy atom. The van der Waals surface area contributed by atoms with Crippen LogP contribution in [0.2, 0.25) is 0 Å². The number of unbranched alkanes of at least 4 members (excludes halogenated alkanes) is 6. The first-order chi connectivity index (χ1) is 12.1. The largest absolute Gasteiger partial charge is 0.469 e. The molecule has 1 N–H and O–H groups in total. The van der Waals surface area contributed by atoms with Gasteiger partial charge >= 0.3 is 11.9 Å². The zero-order valence-corrected chi connectivity index (χ0v) is 16.0. The number of carbonyl (C=O) groups is 2. The highest BCUT2D eigenvalue weighted by molar-refractivity contribution is 5.69. The summed E-state index contributed by atoms with van der Waals surface area (Å²) in [7, 11) is 1.40. The monoisotopic (exact) mass is 356 g/mol. The normalized spacial score (nSPS) is 12.3. The molecule has 146 valence electrons. The first kappa shape index (κ1) is 23.6. The van der Waals surface area contributed by atoms with Crippen LogP contribution in [0.4, 0.5) is 0 Å². The van der Waals surface area contributed by atoms with Crippen molar-refractivity contribution in [2.24, 2.45) is 0 Å². The van der Waals surface area contributed by atoms with Gasteiger partial charge in [-0.3, -0.25) is 9.59 Å². The number of aliphatic hydroxyl groups is 1. The Balaban J connectivity index is 3.42. The summed E-state index contributed by atoms with van der Waals surface area (Å²) in [6.07, 6.45) is 13.6. The molecule has 0 aliphatic carbocycles. The number of hydrogen-bond donors (Lipinski definition) is 1. The van der Waals surface area contributed by atoms with E-state index in [2.05, 4.69) is 11.7 Å². The van der Waals surface area contributed by atoms with Gasteiger partial charge in [0.1, 0.15) is 0 Å². The quantitative estimate of drug-likeness (QED) is 0.253. The van der Waals surface area contributed by atoms with Gasteiger partial charge in [-0.1, -0.05) is 57.6 Å². The number of rotatable bonds is 16. The zero-order chi connectivity index (χ0) is 18.8. The lowest BCUT2D eigenvalue weighted by atomic mass is 10.1. The first-order valence-electron chi connectivity index (χ1n) is 9.67. The maximum atomic E-state index is 11.6. The van der Waals surface area contributed by atoms with E-state index in [1.54, 1.807) is 6.08 Å². The fraction of sp³-hybridized carbons (Fsp3) is 0.800. The van der Waals surface area contributed by atoms with Crippen LogP contribution in [0.5, 0.6) is 0 Å². The molecule has 1 unspecified atom stereocenters. The predicted octanol–water partition coefficient (Wildman–Crippen LogP) is 4.32. The lowest BCUT2D eigenvalue weighted by molar-refractivity contribution is -0.143. The van der Waals surface area contributed by atoms with Crippen LogP contribution in [0.15, 0.2) is 12.2 Å². The molecule has 0 aliphatic rings. The van der Waals surface area contributed by atoms with Gasteiger partial charge in [0.15, 0.2) is 0 Å². The lowest BCUT2D eigenvalue weighted by Gasteiger charge is -2.05. The minimum absolute atomic E-state index is 0.161. The van der Waals surface area contributed by atoms with E-state index >= 15 is 0 Å². The van der Waals surface area contributed by atoms with Crippen molar-refractivity contribution in [3.8, 4) is 0 Å². The van der Waals surface area contributed by atoms with E-state index in [1.165, 1.54) is 7.11 Å². The molecule has 0 rings (SSSR count). The summed E-state index contributed by atoms with van der Waals surface area (Å²) in [5.74, 6) is -0.322. The highest BCUT2D eigenvalue weighted by atomic mass is 16.5. The van der Waals surface area contributed by atoms with E-state index in [9.17, 15) is 14.7 Å². The molecule has 0 aromatic heterocycles. The molecule has 25 heavy (non-hydrogen) atoms. The van der Waals surface area contributed by atoms with Crippen molar-refractivity contribution in [2.45, 2.75) is 90.1 Å². The molecule has 0 aromatic rings. The van der Waals surface area contributed by atoms with Gasteiger partial charge in [0.05, 0.1) is 19.8 Å². The van der Waals surface area contributed by atoms with E-state index in [-0.39, 0.29) is 18.0 Å². The van der Waals surface area contributed by atoms with Gasteiger partial charge in [-0.25, -0.2) is 0 Å². The molecule has 5 nitrogen and oxygen atoms in total. The minimum atomic E-state index is -0.388. The molecule has 0 fully saturated rings. The fourth-order valence-corrected chi connectivity index (χ4v) is 2.44. The van der Waals surface area contributed by atoms with Crippen LogP contribution in [0.3, 0.4) is 0 Å². The summed E-state index contributed by atoms with van der Waals surface area (Å²) < 4.78 is 9.74. The first-order valence-corrected chi connectivity index (χ1v) is 9.67. The third-order valence-corrected chi connectivity index (χ3v) is 4.00. The van der Waals surface area contributed by atoms with Crippen LogP contribution in [-0.2, 0) is 19.1 Å². The van der Waals surface area contributed by atoms with Crippen LogP contribution < -0.4 is 0 Å². The summed E-state index contributed by atoms with van der Waals surface area (Å²) in [5, 5.41) is 9.71. The molecule has 0 saturated carbocycles. The SMILES string of the molecule is CCCCCC(O)/C=C/CCOC(=O)CCCCCCCC(=O)OC. The second-order valence-electron chi connectivity index (χ2n) is 6.34. The predicted molar refractivity (Wildman–Crippen MR) is 99.2 cm³/mol. The van der Waals surface area contributed by atoms with Crippen molar-refractivity contribution < 1.29 is 24.2 Å². The standard InChI is InChI=1S/C20H36O5/c1-3-4-8-13-18(21)14-11-12-17-25-20(23)16-10-7-5-6-9-15-19(22)24-2/h11,14,18,21H,3-10,12-13,15-17H2,1-2H3/b14-11+. The van der Waals surface area contributed by atoms with E-state index in [0.717, 1.165) is 57.8 Å². The van der Waals surface area contributed by atoms with Crippen LogP contribution in [0, 0.1) is 0 Å². The highest BCUT2D eigenvalue weighted by Gasteiger charge is 2.03. The van der Waals surface area contributed by atoms with E-state index in [1.807, 2.05) is 6.08 Å². The van der Waals surface area contributed by atoms with Crippen LogP contribution in [0.1, 0.15) is 84.0 Å². The molecule has 0 bridgehead atoms. The molecule has 5 heteroatoms. The maximum Gasteiger partial charge on any atom is 0.305 e. The molecule has 0 saturated heterocycles. The summed E-state index contributed by atoms with van der Waals surface area (Å²) >= 11 is 0. The maximum absolute atomic E-state index is 11.6. The summed E-state index contributed by atoms with van der Waals surface area (Å²) in [6.45, 7) is 2.51. The third-order valence-electron chi connectivity index (χ3n) is 4.00. The molecular weight excluding hydrogens is 320 g/mol. The van der Waals surface area contributed by atoms with Crippen molar-refractivity contribution in [1.29, 1.82) is 0 Å². The Labute approximate surface area is 152 Å². The van der Waals surface area contributed by atoms with Gasteiger partial charge in [0.2, 0.25) is 0 Å². The summed E-state index contributed by atoms with van der Waals surface area (Å²) in [5.41, 5.74) is 0. The average molecular weight is 357 g/mol. The molecule has 0 aromatic carbocycles. The fourth-order valence-electron chi connectivity index (χ4n) is 2.44. The third kappa shape index (κ3) is 17.3. The van der Waals surface area contributed by atoms with E-state index in [4.69, 9.17) is 4.74 Å². The van der Waals surface area contributed by atoms with Gasteiger partial charge < -0.3 is 14.6 Å². The van der Waals surface area contributed by atoms with Gasteiger partial charge in [-0.2, -0.15) is 0 Å². The molecule has 1 atom stereocenters. The van der Waals surface area contributed by atoms with Gasteiger partial charge in [-0.05, 0) is 25.7 Å². The van der Waals surface area contributed by atoms with Crippen molar-refractivity contribution in [1.82, 2.24) is 0 Å². The smallest absolute Gasteiger partial charge is 0.305 e. The molecule has 0 radical (unpaired) electrons. The van der Waals surface area contributed by atoms with E-state index < -0.39 is 0 Å². The number of aliphatic hydroxyl groups excluding tert-OH is 1. The number of hydrogen-bond acceptors (Lipinski definition) is 5. The number of ether oxygens (including phenoxy) is 2. The van der Waals surface area contributed by atoms with Crippen molar-refractivity contribution in [3.05, 3.63) is 12.2 Å². The topological polar surface area (TPSA) is 72.8 Å². The van der Waals surface area contributed by atoms with Crippen LogP contribution in [0.25, 0.3) is 0 Å². The van der Waals surface area contributed by atoms with Gasteiger partial charge in [-0.15, -0.1) is 0 Å². The van der Waals surface area contributed by atoms with Crippen molar-refractivity contribution in [3.63, 3.8) is 0 Å². The van der Waals surface area contributed by atoms with Gasteiger partial charge in [0, 0.05) is 12.8 Å². The molecular formula is C20H36O5. The Hall–Kier alpha value is -1.36.